The van der Waals surface area contributed by atoms with Crippen molar-refractivity contribution in [1.29, 1.82) is 0 Å². The highest BCUT2D eigenvalue weighted by Gasteiger charge is 2.06. The second-order valence-electron chi connectivity index (χ2n) is 2.98. The molecule has 0 radical (unpaired) electrons. The van der Waals surface area contributed by atoms with E-state index >= 15 is 0 Å². The summed E-state index contributed by atoms with van der Waals surface area (Å²) in [7, 11) is 0. The zero-order valence-electron chi connectivity index (χ0n) is 8.23. The van der Waals surface area contributed by atoms with Gasteiger partial charge >= 0.3 is 0 Å². The lowest BCUT2D eigenvalue weighted by Crippen LogP contribution is -2.15. The number of nitrogens with zero attached hydrogens (tertiary/aromatic N) is 2. The molecular formula is C10H16N2O. The summed E-state index contributed by atoms with van der Waals surface area (Å²) < 4.78 is 5.63. The van der Waals surface area contributed by atoms with Gasteiger partial charge in [-0.2, -0.15) is 0 Å². The Balaban J connectivity index is 2.46. The zero-order chi connectivity index (χ0) is 9.52. The van der Waals surface area contributed by atoms with Gasteiger partial charge in [-0.3, -0.25) is 4.98 Å². The third-order valence-corrected chi connectivity index (χ3v) is 1.89. The van der Waals surface area contributed by atoms with E-state index < -0.39 is 0 Å². The minimum absolute atomic E-state index is 0.279. The van der Waals surface area contributed by atoms with Gasteiger partial charge in [0.1, 0.15) is 6.10 Å². The molecule has 1 heterocycles. The maximum Gasteiger partial charge on any atom is 0.232 e. The lowest BCUT2D eigenvalue weighted by atomic mass is 10.2. The van der Waals surface area contributed by atoms with Crippen molar-refractivity contribution >= 4 is 0 Å². The van der Waals surface area contributed by atoms with Crippen LogP contribution in [0.5, 0.6) is 5.88 Å². The molecule has 0 saturated carbocycles. The van der Waals surface area contributed by atoms with E-state index in [1.807, 2.05) is 0 Å². The molecule has 1 aromatic rings. The summed E-state index contributed by atoms with van der Waals surface area (Å²) >= 11 is 0. The molecule has 0 amide bonds. The summed E-state index contributed by atoms with van der Waals surface area (Å²) in [6, 6.07) is 0. The Morgan fingerprint density at radius 1 is 1.38 bits per heavy atom. The summed E-state index contributed by atoms with van der Waals surface area (Å²) in [5, 5.41) is 0. The van der Waals surface area contributed by atoms with Gasteiger partial charge in [0.05, 0.1) is 6.20 Å². The van der Waals surface area contributed by atoms with E-state index in [-0.39, 0.29) is 6.10 Å². The lowest BCUT2D eigenvalue weighted by molar-refractivity contribution is 0.177. The third kappa shape index (κ3) is 3.40. The van der Waals surface area contributed by atoms with E-state index in [1.165, 1.54) is 0 Å². The average Bonchev–Trinajstić information content (AvgIpc) is 2.19. The minimum atomic E-state index is 0.279. The standard InChI is InChI=1S/C10H16N2O/c1-3-5-9(4-2)13-10-8-11-6-7-12-10/h6-9H,3-5H2,1-2H3. The second-order valence-corrected chi connectivity index (χ2v) is 2.98. The number of hydrogen-bond acceptors (Lipinski definition) is 3. The maximum atomic E-state index is 5.63. The van der Waals surface area contributed by atoms with Crippen LogP contribution in [-0.2, 0) is 0 Å². The maximum absolute atomic E-state index is 5.63. The quantitative estimate of drug-likeness (QED) is 0.698. The van der Waals surface area contributed by atoms with Crippen molar-refractivity contribution in [2.75, 3.05) is 0 Å². The second kappa shape index (κ2) is 5.51. The summed E-state index contributed by atoms with van der Waals surface area (Å²) in [4.78, 5) is 8.01. The molecule has 0 spiro atoms. The Hall–Kier alpha value is -1.12. The van der Waals surface area contributed by atoms with E-state index in [2.05, 4.69) is 23.8 Å². The van der Waals surface area contributed by atoms with E-state index in [9.17, 15) is 0 Å². The number of ether oxygens (including phenoxy) is 1. The molecule has 0 aromatic carbocycles. The Morgan fingerprint density at radius 2 is 2.23 bits per heavy atom. The Kier molecular flexibility index (Phi) is 4.23. The first-order valence-corrected chi connectivity index (χ1v) is 4.79. The fourth-order valence-electron chi connectivity index (χ4n) is 1.19. The van der Waals surface area contributed by atoms with Crippen LogP contribution in [0.1, 0.15) is 33.1 Å². The normalized spacial score (nSPS) is 12.5. The summed E-state index contributed by atoms with van der Waals surface area (Å²) in [5.41, 5.74) is 0. The zero-order valence-corrected chi connectivity index (χ0v) is 8.23. The number of hydrogen-bond donors (Lipinski definition) is 0. The van der Waals surface area contributed by atoms with Gasteiger partial charge < -0.3 is 4.74 Å². The van der Waals surface area contributed by atoms with Crippen molar-refractivity contribution < 1.29 is 4.74 Å². The van der Waals surface area contributed by atoms with E-state index in [1.54, 1.807) is 18.6 Å². The van der Waals surface area contributed by atoms with Crippen LogP contribution in [-0.4, -0.2) is 16.1 Å². The molecule has 0 saturated heterocycles. The van der Waals surface area contributed by atoms with Crippen molar-refractivity contribution in [2.24, 2.45) is 0 Å². The van der Waals surface area contributed by atoms with Gasteiger partial charge in [0.2, 0.25) is 5.88 Å². The largest absolute Gasteiger partial charge is 0.473 e. The van der Waals surface area contributed by atoms with Gasteiger partial charge in [0.15, 0.2) is 0 Å². The van der Waals surface area contributed by atoms with Crippen molar-refractivity contribution in [3.8, 4) is 5.88 Å². The van der Waals surface area contributed by atoms with Gasteiger partial charge in [0.25, 0.3) is 0 Å². The van der Waals surface area contributed by atoms with E-state index in [0.717, 1.165) is 19.3 Å². The van der Waals surface area contributed by atoms with Crippen LogP contribution in [0.3, 0.4) is 0 Å². The first-order valence-electron chi connectivity index (χ1n) is 4.79. The summed E-state index contributed by atoms with van der Waals surface area (Å²) in [6.45, 7) is 4.28. The predicted molar refractivity (Wildman–Crippen MR) is 51.6 cm³/mol. The van der Waals surface area contributed by atoms with Gasteiger partial charge in [-0.25, -0.2) is 4.98 Å². The molecule has 0 fully saturated rings. The smallest absolute Gasteiger partial charge is 0.232 e. The first kappa shape index (κ1) is 9.96. The molecule has 0 aliphatic carbocycles. The molecule has 1 aromatic heterocycles. The number of rotatable bonds is 5. The van der Waals surface area contributed by atoms with Crippen LogP contribution >= 0.6 is 0 Å². The lowest BCUT2D eigenvalue weighted by Gasteiger charge is -2.14. The van der Waals surface area contributed by atoms with E-state index in [0.29, 0.717) is 5.88 Å². The molecule has 0 bridgehead atoms. The Labute approximate surface area is 79.2 Å². The van der Waals surface area contributed by atoms with Crippen molar-refractivity contribution in [3.05, 3.63) is 18.6 Å². The molecular weight excluding hydrogens is 164 g/mol. The minimum Gasteiger partial charge on any atom is -0.473 e. The van der Waals surface area contributed by atoms with Gasteiger partial charge in [-0.05, 0) is 12.8 Å². The molecule has 0 N–H and O–H groups in total. The molecule has 3 heteroatoms. The van der Waals surface area contributed by atoms with Crippen LogP contribution in [0.2, 0.25) is 0 Å². The molecule has 72 valence electrons. The molecule has 13 heavy (non-hydrogen) atoms. The third-order valence-electron chi connectivity index (χ3n) is 1.89. The number of aromatic nitrogens is 2. The Bertz CT molecular complexity index is 226. The van der Waals surface area contributed by atoms with Gasteiger partial charge in [0, 0.05) is 12.4 Å². The average molecular weight is 180 g/mol. The highest BCUT2D eigenvalue weighted by atomic mass is 16.5. The fourth-order valence-corrected chi connectivity index (χ4v) is 1.19. The van der Waals surface area contributed by atoms with E-state index in [4.69, 9.17) is 4.74 Å². The van der Waals surface area contributed by atoms with Crippen molar-refractivity contribution in [1.82, 2.24) is 9.97 Å². The van der Waals surface area contributed by atoms with Crippen LogP contribution in [0.15, 0.2) is 18.6 Å². The van der Waals surface area contributed by atoms with Crippen LogP contribution in [0.25, 0.3) is 0 Å². The SMILES string of the molecule is CCCC(CC)Oc1cnccn1. The monoisotopic (exact) mass is 180 g/mol. The molecule has 0 aliphatic rings. The van der Waals surface area contributed by atoms with Crippen LogP contribution < -0.4 is 4.74 Å². The topological polar surface area (TPSA) is 35.0 Å². The highest BCUT2D eigenvalue weighted by Crippen LogP contribution is 2.11. The molecule has 3 nitrogen and oxygen atoms in total. The Morgan fingerprint density at radius 3 is 2.77 bits per heavy atom. The van der Waals surface area contributed by atoms with Gasteiger partial charge in [-0.1, -0.05) is 20.3 Å². The summed E-state index contributed by atoms with van der Waals surface area (Å²) in [5.74, 6) is 0.628. The highest BCUT2D eigenvalue weighted by molar-refractivity contribution is 5.01. The first-order chi connectivity index (χ1) is 6.36. The molecule has 0 aliphatic heterocycles. The van der Waals surface area contributed by atoms with Gasteiger partial charge in [-0.15, -0.1) is 0 Å². The molecule has 1 rings (SSSR count). The van der Waals surface area contributed by atoms with Crippen molar-refractivity contribution in [2.45, 2.75) is 39.2 Å². The van der Waals surface area contributed by atoms with Crippen LogP contribution in [0.4, 0.5) is 0 Å². The fraction of sp³-hybridized carbons (Fsp3) is 0.600. The summed E-state index contributed by atoms with van der Waals surface area (Å²) in [6.07, 6.45) is 8.46. The van der Waals surface area contributed by atoms with Crippen molar-refractivity contribution in [3.63, 3.8) is 0 Å². The molecule has 1 atom stereocenters. The van der Waals surface area contributed by atoms with Crippen LogP contribution in [0, 0.1) is 0 Å². The predicted octanol–water partition coefficient (Wildman–Crippen LogP) is 2.43. The molecule has 1 unspecified atom stereocenters.